The van der Waals surface area contributed by atoms with Crippen molar-refractivity contribution in [1.29, 1.82) is 0 Å². The van der Waals surface area contributed by atoms with Crippen molar-refractivity contribution in [2.75, 3.05) is 0 Å². The first-order chi connectivity index (χ1) is 9.81. The van der Waals surface area contributed by atoms with Crippen LogP contribution in [0.4, 0.5) is 0 Å². The molecule has 6 nitrogen and oxygen atoms in total. The fourth-order valence-electron chi connectivity index (χ4n) is 2.27. The van der Waals surface area contributed by atoms with E-state index in [4.69, 9.17) is 14.6 Å². The van der Waals surface area contributed by atoms with Gasteiger partial charge >= 0.3 is 5.97 Å². The highest BCUT2D eigenvalue weighted by molar-refractivity contribution is 7.89. The van der Waals surface area contributed by atoms with E-state index >= 15 is 0 Å². The minimum absolute atomic E-state index is 0.0122. The third kappa shape index (κ3) is 3.74. The molecule has 1 heterocycles. The summed E-state index contributed by atoms with van der Waals surface area (Å²) in [7, 11) is -3.76. The Hall–Kier alpha value is -1.60. The minimum Gasteiger partial charge on any atom is -0.478 e. The van der Waals surface area contributed by atoms with E-state index in [2.05, 4.69) is 0 Å². The van der Waals surface area contributed by atoms with Gasteiger partial charge in [-0.05, 0) is 37.1 Å². The zero-order valence-electron chi connectivity index (χ0n) is 12.0. The smallest absolute Gasteiger partial charge is 0.347 e. The van der Waals surface area contributed by atoms with Crippen molar-refractivity contribution >= 4 is 16.0 Å². The van der Waals surface area contributed by atoms with E-state index < -0.39 is 22.1 Å². The van der Waals surface area contributed by atoms with Crippen molar-refractivity contribution < 1.29 is 22.7 Å². The molecule has 2 atom stereocenters. The van der Waals surface area contributed by atoms with Crippen LogP contribution in [0.2, 0.25) is 0 Å². The van der Waals surface area contributed by atoms with Gasteiger partial charge in [-0.15, -0.1) is 0 Å². The Morgan fingerprint density at radius 3 is 2.86 bits per heavy atom. The SMILES string of the molecule is CCCC(C)OC(=O)C1Cc2cc(S(N)(=O)=O)ccc2O1. The van der Waals surface area contributed by atoms with Gasteiger partial charge in [-0.2, -0.15) is 0 Å². The summed E-state index contributed by atoms with van der Waals surface area (Å²) < 4.78 is 33.4. The van der Waals surface area contributed by atoms with Crippen LogP contribution in [0.15, 0.2) is 23.1 Å². The summed E-state index contributed by atoms with van der Waals surface area (Å²) in [6, 6.07) is 4.31. The number of fused-ring (bicyclic) bond motifs is 1. The maximum atomic E-state index is 12.0. The lowest BCUT2D eigenvalue weighted by atomic mass is 10.1. The first kappa shape index (κ1) is 15.8. The lowest BCUT2D eigenvalue weighted by molar-refractivity contribution is -0.156. The highest BCUT2D eigenvalue weighted by Crippen LogP contribution is 2.31. The molecule has 2 unspecified atom stereocenters. The van der Waals surface area contributed by atoms with E-state index in [1.54, 1.807) is 0 Å². The highest BCUT2D eigenvalue weighted by atomic mass is 32.2. The summed E-state index contributed by atoms with van der Waals surface area (Å²) in [6.07, 6.45) is 1.12. The van der Waals surface area contributed by atoms with Gasteiger partial charge in [0.15, 0.2) is 6.10 Å². The quantitative estimate of drug-likeness (QED) is 0.828. The Kier molecular flexibility index (Phi) is 4.53. The van der Waals surface area contributed by atoms with Gasteiger partial charge in [0.25, 0.3) is 0 Å². The molecular formula is C14H19NO5S. The first-order valence-corrected chi connectivity index (χ1v) is 8.38. The van der Waals surface area contributed by atoms with E-state index in [0.29, 0.717) is 11.3 Å². The zero-order valence-corrected chi connectivity index (χ0v) is 12.9. The number of nitrogens with two attached hydrogens (primary N) is 1. The topological polar surface area (TPSA) is 95.7 Å². The summed E-state index contributed by atoms with van der Waals surface area (Å²) in [4.78, 5) is 12.0. The Bertz CT molecular complexity index is 641. The van der Waals surface area contributed by atoms with Crippen LogP contribution >= 0.6 is 0 Å². The summed E-state index contributed by atoms with van der Waals surface area (Å²) in [5.41, 5.74) is 0.645. The van der Waals surface area contributed by atoms with Crippen LogP contribution < -0.4 is 9.88 Å². The van der Waals surface area contributed by atoms with Gasteiger partial charge in [0, 0.05) is 6.42 Å². The van der Waals surface area contributed by atoms with Crippen molar-refractivity contribution in [2.45, 2.75) is 50.2 Å². The lowest BCUT2D eigenvalue weighted by Gasteiger charge is -2.15. The molecule has 1 aliphatic heterocycles. The van der Waals surface area contributed by atoms with E-state index in [0.717, 1.165) is 12.8 Å². The summed E-state index contributed by atoms with van der Waals surface area (Å²) in [6.45, 7) is 3.85. The van der Waals surface area contributed by atoms with Gasteiger partial charge < -0.3 is 9.47 Å². The van der Waals surface area contributed by atoms with Crippen LogP contribution in [0.25, 0.3) is 0 Å². The number of hydrogen-bond acceptors (Lipinski definition) is 5. The fourth-order valence-corrected chi connectivity index (χ4v) is 2.84. The first-order valence-electron chi connectivity index (χ1n) is 6.84. The number of primary sulfonamides is 1. The molecule has 0 aliphatic carbocycles. The number of benzene rings is 1. The molecule has 2 N–H and O–H groups in total. The van der Waals surface area contributed by atoms with Gasteiger partial charge in [0.1, 0.15) is 5.75 Å². The molecule has 7 heteroatoms. The molecule has 0 spiro atoms. The monoisotopic (exact) mass is 313 g/mol. The largest absolute Gasteiger partial charge is 0.478 e. The molecule has 1 aromatic carbocycles. The third-order valence-electron chi connectivity index (χ3n) is 3.31. The molecule has 1 aromatic rings. The standard InChI is InChI=1S/C14H19NO5S/c1-3-4-9(2)19-14(16)13-8-10-7-11(21(15,17)18)5-6-12(10)20-13/h5-7,9,13H,3-4,8H2,1-2H3,(H2,15,17,18). The molecule has 0 saturated heterocycles. The molecule has 116 valence electrons. The molecule has 1 aliphatic rings. The number of hydrogen-bond donors (Lipinski definition) is 1. The van der Waals surface area contributed by atoms with Gasteiger partial charge in [0.2, 0.25) is 10.0 Å². The Morgan fingerprint density at radius 2 is 2.24 bits per heavy atom. The maximum absolute atomic E-state index is 12.0. The van der Waals surface area contributed by atoms with E-state index in [1.807, 2.05) is 13.8 Å². The number of rotatable bonds is 5. The van der Waals surface area contributed by atoms with Crippen molar-refractivity contribution in [3.8, 4) is 5.75 Å². The van der Waals surface area contributed by atoms with Crippen molar-refractivity contribution in [3.05, 3.63) is 23.8 Å². The number of esters is 1. The minimum atomic E-state index is -3.76. The molecule has 2 rings (SSSR count). The molecule has 0 amide bonds. The number of sulfonamides is 1. The molecule has 0 saturated carbocycles. The molecule has 0 fully saturated rings. The van der Waals surface area contributed by atoms with Crippen LogP contribution in [-0.2, 0) is 26.0 Å². The van der Waals surface area contributed by atoms with Crippen LogP contribution in [0.5, 0.6) is 5.75 Å². The molecule has 0 bridgehead atoms. The Morgan fingerprint density at radius 1 is 1.52 bits per heavy atom. The fraction of sp³-hybridized carbons (Fsp3) is 0.500. The maximum Gasteiger partial charge on any atom is 0.347 e. The van der Waals surface area contributed by atoms with E-state index in [-0.39, 0.29) is 17.4 Å². The predicted octanol–water partition coefficient (Wildman–Crippen LogP) is 1.37. The Labute approximate surface area is 124 Å². The number of carbonyl (C=O) groups excluding carboxylic acids is 1. The number of ether oxygens (including phenoxy) is 2. The van der Waals surface area contributed by atoms with Crippen LogP contribution in [0.3, 0.4) is 0 Å². The summed E-state index contributed by atoms with van der Waals surface area (Å²) >= 11 is 0. The summed E-state index contributed by atoms with van der Waals surface area (Å²) in [5.74, 6) is 0.0665. The number of carbonyl (C=O) groups is 1. The van der Waals surface area contributed by atoms with Crippen LogP contribution in [-0.4, -0.2) is 26.6 Å². The van der Waals surface area contributed by atoms with E-state index in [9.17, 15) is 13.2 Å². The predicted molar refractivity (Wildman–Crippen MR) is 76.4 cm³/mol. The second kappa shape index (κ2) is 6.03. The Balaban J connectivity index is 2.07. The average Bonchev–Trinajstić information content (AvgIpc) is 2.80. The average molecular weight is 313 g/mol. The second-order valence-corrected chi connectivity index (χ2v) is 6.72. The molecule has 0 aromatic heterocycles. The second-order valence-electron chi connectivity index (χ2n) is 5.16. The zero-order chi connectivity index (χ0) is 15.6. The van der Waals surface area contributed by atoms with Gasteiger partial charge in [0.05, 0.1) is 11.0 Å². The van der Waals surface area contributed by atoms with Crippen LogP contribution in [0, 0.1) is 0 Å². The molecular weight excluding hydrogens is 294 g/mol. The van der Waals surface area contributed by atoms with Crippen LogP contribution in [0.1, 0.15) is 32.3 Å². The van der Waals surface area contributed by atoms with Gasteiger partial charge in [-0.1, -0.05) is 13.3 Å². The third-order valence-corrected chi connectivity index (χ3v) is 4.22. The van der Waals surface area contributed by atoms with Crippen molar-refractivity contribution in [1.82, 2.24) is 0 Å². The normalized spacial score (nSPS) is 18.7. The van der Waals surface area contributed by atoms with Crippen molar-refractivity contribution in [3.63, 3.8) is 0 Å². The van der Waals surface area contributed by atoms with E-state index in [1.165, 1.54) is 18.2 Å². The molecule has 0 radical (unpaired) electrons. The summed E-state index contributed by atoms with van der Waals surface area (Å²) in [5, 5.41) is 5.08. The highest BCUT2D eigenvalue weighted by Gasteiger charge is 2.32. The van der Waals surface area contributed by atoms with Crippen molar-refractivity contribution in [2.24, 2.45) is 5.14 Å². The van der Waals surface area contributed by atoms with Gasteiger partial charge in [-0.25, -0.2) is 18.4 Å². The lowest BCUT2D eigenvalue weighted by Crippen LogP contribution is -2.30. The van der Waals surface area contributed by atoms with Gasteiger partial charge in [-0.3, -0.25) is 0 Å². The molecule has 21 heavy (non-hydrogen) atoms.